The van der Waals surface area contributed by atoms with Crippen LogP contribution in [0.5, 0.6) is 17.2 Å². The minimum atomic E-state index is -0.827. The van der Waals surface area contributed by atoms with E-state index in [0.717, 1.165) is 6.07 Å². The average Bonchev–Trinajstić information content (AvgIpc) is 2.78. The summed E-state index contributed by atoms with van der Waals surface area (Å²) in [6.45, 7) is 1.95. The third kappa shape index (κ3) is 6.47. The number of ether oxygens (including phenoxy) is 2. The van der Waals surface area contributed by atoms with E-state index in [9.17, 15) is 24.6 Å². The predicted molar refractivity (Wildman–Crippen MR) is 119 cm³/mol. The van der Waals surface area contributed by atoms with Crippen molar-refractivity contribution in [3.05, 3.63) is 83.4 Å². The van der Waals surface area contributed by atoms with Crippen LogP contribution >= 0.6 is 0 Å². The van der Waals surface area contributed by atoms with E-state index in [1.54, 1.807) is 31.2 Å². The van der Waals surface area contributed by atoms with E-state index in [0.29, 0.717) is 16.8 Å². The maximum atomic E-state index is 12.7. The largest absolute Gasteiger partial charge is 0.513 e. The monoisotopic (exact) mass is 450 g/mol. The molecule has 0 aromatic heterocycles. The molecule has 4 N–H and O–H groups in total. The summed E-state index contributed by atoms with van der Waals surface area (Å²) in [5.74, 6) is -1.11. The molecular formula is C24H22N2O7. The number of carbonyl (C=O) groups excluding carboxylic acids is 3. The van der Waals surface area contributed by atoms with Crippen molar-refractivity contribution in [2.45, 2.75) is 13.5 Å². The molecule has 0 fully saturated rings. The van der Waals surface area contributed by atoms with E-state index in [4.69, 9.17) is 9.47 Å². The Morgan fingerprint density at radius 2 is 1.52 bits per heavy atom. The fourth-order valence-electron chi connectivity index (χ4n) is 2.91. The fourth-order valence-corrected chi connectivity index (χ4v) is 2.91. The Balaban J connectivity index is 1.64. The number of rotatable bonds is 7. The molecule has 0 unspecified atom stereocenters. The zero-order chi connectivity index (χ0) is 23.8. The molecule has 0 aliphatic carbocycles. The molecule has 3 rings (SSSR count). The third-order valence-corrected chi connectivity index (χ3v) is 4.45. The van der Waals surface area contributed by atoms with Crippen LogP contribution < -0.4 is 15.4 Å². The first-order valence-electron chi connectivity index (χ1n) is 10.0. The van der Waals surface area contributed by atoms with Gasteiger partial charge in [0.1, 0.15) is 17.2 Å². The highest BCUT2D eigenvalue weighted by molar-refractivity contribution is 6.04. The van der Waals surface area contributed by atoms with Crippen LogP contribution in [0, 0.1) is 0 Å². The van der Waals surface area contributed by atoms with Gasteiger partial charge in [0.2, 0.25) is 0 Å². The fraction of sp³-hybridized carbons (Fsp3) is 0.125. The molecule has 0 heterocycles. The molecule has 3 aromatic carbocycles. The molecular weight excluding hydrogens is 428 g/mol. The van der Waals surface area contributed by atoms with Crippen molar-refractivity contribution < 1.29 is 34.1 Å². The Labute approximate surface area is 189 Å². The number of amides is 2. The van der Waals surface area contributed by atoms with Gasteiger partial charge in [0.25, 0.3) is 11.8 Å². The summed E-state index contributed by atoms with van der Waals surface area (Å²) in [5, 5.41) is 24.6. The lowest BCUT2D eigenvalue weighted by atomic mass is 10.1. The van der Waals surface area contributed by atoms with Gasteiger partial charge in [-0.05, 0) is 55.0 Å². The van der Waals surface area contributed by atoms with Crippen LogP contribution in [0.3, 0.4) is 0 Å². The Hall–Kier alpha value is -4.53. The van der Waals surface area contributed by atoms with Gasteiger partial charge in [0, 0.05) is 29.4 Å². The number of phenolic OH excluding ortho intramolecular Hbond substituents is 2. The summed E-state index contributed by atoms with van der Waals surface area (Å²) in [5.41, 5.74) is 1.57. The van der Waals surface area contributed by atoms with Gasteiger partial charge >= 0.3 is 6.16 Å². The predicted octanol–water partition coefficient (Wildman–Crippen LogP) is 3.82. The maximum absolute atomic E-state index is 12.7. The van der Waals surface area contributed by atoms with Gasteiger partial charge in [-0.2, -0.15) is 0 Å². The maximum Gasteiger partial charge on any atom is 0.513 e. The van der Waals surface area contributed by atoms with E-state index >= 15 is 0 Å². The molecule has 0 bridgehead atoms. The molecule has 170 valence electrons. The number of benzene rings is 3. The van der Waals surface area contributed by atoms with Crippen molar-refractivity contribution in [1.82, 2.24) is 5.32 Å². The molecule has 2 amide bonds. The number of hydrogen-bond donors (Lipinski definition) is 4. The van der Waals surface area contributed by atoms with Crippen LogP contribution in [-0.4, -0.2) is 34.8 Å². The lowest BCUT2D eigenvalue weighted by molar-refractivity contribution is 0.0949. The van der Waals surface area contributed by atoms with E-state index in [1.807, 2.05) is 0 Å². The molecule has 33 heavy (non-hydrogen) atoms. The molecule has 0 aliphatic rings. The number of carbonyl (C=O) groups is 3. The topological polar surface area (TPSA) is 134 Å². The Kier molecular flexibility index (Phi) is 7.48. The minimum absolute atomic E-state index is 0.0953. The van der Waals surface area contributed by atoms with E-state index in [-0.39, 0.29) is 36.0 Å². The lowest BCUT2D eigenvalue weighted by Crippen LogP contribution is -2.24. The van der Waals surface area contributed by atoms with E-state index < -0.39 is 18.0 Å². The summed E-state index contributed by atoms with van der Waals surface area (Å²) >= 11 is 0. The van der Waals surface area contributed by atoms with Gasteiger partial charge in [0.05, 0.1) is 6.61 Å². The summed E-state index contributed by atoms with van der Waals surface area (Å²) in [4.78, 5) is 36.4. The smallest absolute Gasteiger partial charge is 0.508 e. The number of anilines is 1. The van der Waals surface area contributed by atoms with Crippen molar-refractivity contribution >= 4 is 23.7 Å². The summed E-state index contributed by atoms with van der Waals surface area (Å²) in [7, 11) is 0. The molecule has 3 aromatic rings. The van der Waals surface area contributed by atoms with Crippen molar-refractivity contribution in [3.63, 3.8) is 0 Å². The SMILES string of the molecule is CCOC(=O)Oc1ccc(C(=O)Nc2ccccc2CNC(=O)c2cc(O)cc(O)c2)cc1. The molecule has 0 radical (unpaired) electrons. The highest BCUT2D eigenvalue weighted by atomic mass is 16.7. The van der Waals surface area contributed by atoms with Gasteiger partial charge < -0.3 is 30.3 Å². The summed E-state index contributed by atoms with van der Waals surface area (Å²) in [6, 6.07) is 16.5. The normalized spacial score (nSPS) is 10.2. The van der Waals surface area contributed by atoms with Crippen molar-refractivity contribution in [1.29, 1.82) is 0 Å². The third-order valence-electron chi connectivity index (χ3n) is 4.45. The molecule has 9 heteroatoms. The van der Waals surface area contributed by atoms with Crippen LogP contribution in [0.4, 0.5) is 10.5 Å². The second-order valence-electron chi connectivity index (χ2n) is 6.84. The van der Waals surface area contributed by atoms with E-state index in [2.05, 4.69) is 10.6 Å². The Morgan fingerprint density at radius 1 is 0.848 bits per heavy atom. The second kappa shape index (κ2) is 10.7. The van der Waals surface area contributed by atoms with Crippen LogP contribution in [0.2, 0.25) is 0 Å². The summed E-state index contributed by atoms with van der Waals surface area (Å²) < 4.78 is 9.67. The minimum Gasteiger partial charge on any atom is -0.508 e. The van der Waals surface area contributed by atoms with Crippen LogP contribution in [0.15, 0.2) is 66.7 Å². The van der Waals surface area contributed by atoms with Crippen molar-refractivity contribution in [2.24, 2.45) is 0 Å². The first-order chi connectivity index (χ1) is 15.9. The molecule has 0 saturated carbocycles. The highest BCUT2D eigenvalue weighted by Gasteiger charge is 2.13. The van der Waals surface area contributed by atoms with Crippen LogP contribution in [0.25, 0.3) is 0 Å². The standard InChI is InChI=1S/C24H22N2O7/c1-2-32-24(31)33-20-9-7-15(8-10-20)23(30)26-21-6-4-3-5-16(21)14-25-22(29)17-11-18(27)13-19(28)12-17/h3-13,27-28H,2,14H2,1H3,(H,25,29)(H,26,30). The number of hydrogen-bond acceptors (Lipinski definition) is 7. The van der Waals surface area contributed by atoms with Gasteiger partial charge in [-0.15, -0.1) is 0 Å². The van der Waals surface area contributed by atoms with Gasteiger partial charge in [-0.3, -0.25) is 9.59 Å². The Bertz CT molecular complexity index is 1140. The van der Waals surface area contributed by atoms with Gasteiger partial charge in [0.15, 0.2) is 0 Å². The van der Waals surface area contributed by atoms with Crippen LogP contribution in [-0.2, 0) is 11.3 Å². The number of aromatic hydroxyl groups is 2. The van der Waals surface area contributed by atoms with Crippen molar-refractivity contribution in [2.75, 3.05) is 11.9 Å². The molecule has 0 atom stereocenters. The highest BCUT2D eigenvalue weighted by Crippen LogP contribution is 2.21. The van der Waals surface area contributed by atoms with Gasteiger partial charge in [-0.1, -0.05) is 18.2 Å². The Morgan fingerprint density at radius 3 is 2.18 bits per heavy atom. The van der Waals surface area contributed by atoms with Crippen molar-refractivity contribution in [3.8, 4) is 17.2 Å². The number of nitrogens with one attached hydrogen (secondary N) is 2. The van der Waals surface area contributed by atoms with E-state index in [1.165, 1.54) is 36.4 Å². The molecule has 9 nitrogen and oxygen atoms in total. The lowest BCUT2D eigenvalue weighted by Gasteiger charge is -2.13. The zero-order valence-electron chi connectivity index (χ0n) is 17.7. The number of phenols is 2. The van der Waals surface area contributed by atoms with Crippen LogP contribution in [0.1, 0.15) is 33.2 Å². The number of para-hydroxylation sites is 1. The second-order valence-corrected chi connectivity index (χ2v) is 6.84. The first-order valence-corrected chi connectivity index (χ1v) is 10.0. The quantitative estimate of drug-likeness (QED) is 0.318. The van der Waals surface area contributed by atoms with Gasteiger partial charge in [-0.25, -0.2) is 4.79 Å². The molecule has 0 saturated heterocycles. The first kappa shape index (κ1) is 23.1. The average molecular weight is 450 g/mol. The molecule has 0 aliphatic heterocycles. The zero-order valence-corrected chi connectivity index (χ0v) is 17.7. The molecule has 0 spiro atoms. The summed E-state index contributed by atoms with van der Waals surface area (Å²) in [6.07, 6.45) is -0.827.